The molecule has 1 heterocycles. The Morgan fingerprint density at radius 2 is 2.38 bits per heavy atom. The molecule has 3 heteroatoms. The Kier molecular flexibility index (Phi) is 3.54. The van der Waals surface area contributed by atoms with Gasteiger partial charge in [-0.15, -0.1) is 11.8 Å². The molecular weight excluding hydrogens is 220 g/mol. The molecule has 1 N–H and O–H groups in total. The van der Waals surface area contributed by atoms with E-state index in [2.05, 4.69) is 25.1 Å². The minimum Gasteiger partial charge on any atom is -0.481 e. The molecule has 2 rings (SSSR count). The van der Waals surface area contributed by atoms with Crippen LogP contribution in [-0.2, 0) is 17.6 Å². The Balaban J connectivity index is 1.97. The topological polar surface area (TPSA) is 37.3 Å². The quantitative estimate of drug-likeness (QED) is 0.872. The van der Waals surface area contributed by atoms with Gasteiger partial charge in [-0.3, -0.25) is 4.79 Å². The molecule has 1 aromatic carbocycles. The maximum absolute atomic E-state index is 10.4. The van der Waals surface area contributed by atoms with Crippen LogP contribution in [0.1, 0.15) is 30.9 Å². The maximum Gasteiger partial charge on any atom is 0.303 e. The lowest BCUT2D eigenvalue weighted by Crippen LogP contribution is -1.96. The van der Waals surface area contributed by atoms with Crippen molar-refractivity contribution in [3.05, 3.63) is 29.3 Å². The van der Waals surface area contributed by atoms with E-state index in [1.165, 1.54) is 16.0 Å². The van der Waals surface area contributed by atoms with Crippen LogP contribution in [0.15, 0.2) is 23.1 Å². The van der Waals surface area contributed by atoms with Crippen molar-refractivity contribution in [2.24, 2.45) is 0 Å². The standard InChI is InChI=1S/C13H16O2S/c1-9-7-11-8-10(3-2-4-13(14)15)5-6-12(11)16-9/h5-6,8-9H,2-4,7H2,1H3,(H,14,15). The summed E-state index contributed by atoms with van der Waals surface area (Å²) in [5.74, 6) is -0.703. The van der Waals surface area contributed by atoms with Crippen molar-refractivity contribution in [2.45, 2.75) is 42.8 Å². The molecule has 1 aliphatic rings. The second kappa shape index (κ2) is 4.91. The highest BCUT2D eigenvalue weighted by Gasteiger charge is 2.18. The third-order valence-corrected chi connectivity index (χ3v) is 4.04. The molecule has 1 aromatic rings. The van der Waals surface area contributed by atoms with Gasteiger partial charge in [-0.2, -0.15) is 0 Å². The van der Waals surface area contributed by atoms with E-state index >= 15 is 0 Å². The van der Waals surface area contributed by atoms with Gasteiger partial charge in [0.1, 0.15) is 0 Å². The number of carbonyl (C=O) groups is 1. The zero-order valence-electron chi connectivity index (χ0n) is 9.40. The molecule has 0 saturated heterocycles. The van der Waals surface area contributed by atoms with Crippen LogP contribution in [0.5, 0.6) is 0 Å². The molecule has 0 saturated carbocycles. The van der Waals surface area contributed by atoms with Crippen LogP contribution >= 0.6 is 11.8 Å². The molecule has 0 amide bonds. The summed E-state index contributed by atoms with van der Waals surface area (Å²) in [6, 6.07) is 6.55. The number of aliphatic carboxylic acids is 1. The van der Waals surface area contributed by atoms with Crippen molar-refractivity contribution in [1.82, 2.24) is 0 Å². The van der Waals surface area contributed by atoms with Gasteiger partial charge in [-0.1, -0.05) is 19.1 Å². The molecule has 1 unspecified atom stereocenters. The predicted molar refractivity (Wildman–Crippen MR) is 66.0 cm³/mol. The molecule has 0 aromatic heterocycles. The third-order valence-electron chi connectivity index (χ3n) is 2.82. The van der Waals surface area contributed by atoms with E-state index in [1.807, 2.05) is 11.8 Å². The minimum atomic E-state index is -0.703. The van der Waals surface area contributed by atoms with Crippen LogP contribution in [0.25, 0.3) is 0 Å². The summed E-state index contributed by atoms with van der Waals surface area (Å²) in [5.41, 5.74) is 2.71. The fourth-order valence-corrected chi connectivity index (χ4v) is 3.21. The normalized spacial score (nSPS) is 18.4. The first-order chi connectivity index (χ1) is 7.65. The highest BCUT2D eigenvalue weighted by molar-refractivity contribution is 8.00. The predicted octanol–water partition coefficient (Wildman–Crippen LogP) is 3.13. The molecule has 0 radical (unpaired) electrons. The van der Waals surface area contributed by atoms with Crippen molar-refractivity contribution < 1.29 is 9.90 Å². The molecule has 0 spiro atoms. The minimum absolute atomic E-state index is 0.266. The van der Waals surface area contributed by atoms with Crippen molar-refractivity contribution in [3.8, 4) is 0 Å². The van der Waals surface area contributed by atoms with Gasteiger partial charge in [0.15, 0.2) is 0 Å². The van der Waals surface area contributed by atoms with Crippen LogP contribution < -0.4 is 0 Å². The van der Waals surface area contributed by atoms with Crippen LogP contribution in [0.4, 0.5) is 0 Å². The first-order valence-corrected chi connectivity index (χ1v) is 6.53. The Labute approximate surface area is 100 Å². The van der Waals surface area contributed by atoms with Gasteiger partial charge in [0.2, 0.25) is 0 Å². The molecule has 86 valence electrons. The smallest absolute Gasteiger partial charge is 0.303 e. The number of hydrogen-bond acceptors (Lipinski definition) is 2. The summed E-state index contributed by atoms with van der Waals surface area (Å²) in [7, 11) is 0. The summed E-state index contributed by atoms with van der Waals surface area (Å²) < 4.78 is 0. The Hall–Kier alpha value is -0.960. The number of carboxylic acids is 1. The lowest BCUT2D eigenvalue weighted by Gasteiger charge is -2.03. The second-order valence-electron chi connectivity index (χ2n) is 4.32. The van der Waals surface area contributed by atoms with Crippen LogP contribution in [-0.4, -0.2) is 16.3 Å². The maximum atomic E-state index is 10.4. The van der Waals surface area contributed by atoms with Gasteiger partial charge >= 0.3 is 5.97 Å². The Morgan fingerprint density at radius 1 is 1.56 bits per heavy atom. The summed E-state index contributed by atoms with van der Waals surface area (Å²) in [6.45, 7) is 2.24. The monoisotopic (exact) mass is 236 g/mol. The van der Waals surface area contributed by atoms with Gasteiger partial charge in [0.05, 0.1) is 0 Å². The first kappa shape index (κ1) is 11.5. The highest BCUT2D eigenvalue weighted by Crippen LogP contribution is 2.37. The number of aryl methyl sites for hydroxylation is 1. The third kappa shape index (κ3) is 2.79. The number of fused-ring (bicyclic) bond motifs is 1. The summed E-state index contributed by atoms with van der Waals surface area (Å²) in [5, 5.41) is 9.26. The fourth-order valence-electron chi connectivity index (χ4n) is 2.07. The number of benzene rings is 1. The zero-order valence-corrected chi connectivity index (χ0v) is 10.2. The highest BCUT2D eigenvalue weighted by atomic mass is 32.2. The van der Waals surface area contributed by atoms with Crippen molar-refractivity contribution >= 4 is 17.7 Å². The van der Waals surface area contributed by atoms with Gasteiger partial charge < -0.3 is 5.11 Å². The lowest BCUT2D eigenvalue weighted by atomic mass is 10.0. The number of thioether (sulfide) groups is 1. The van der Waals surface area contributed by atoms with E-state index in [4.69, 9.17) is 5.11 Å². The fraction of sp³-hybridized carbons (Fsp3) is 0.462. The van der Waals surface area contributed by atoms with E-state index in [9.17, 15) is 4.79 Å². The average molecular weight is 236 g/mol. The second-order valence-corrected chi connectivity index (χ2v) is 5.80. The summed E-state index contributed by atoms with van der Waals surface area (Å²) >= 11 is 1.93. The summed E-state index contributed by atoms with van der Waals surface area (Å²) in [6.07, 6.45) is 3.02. The van der Waals surface area contributed by atoms with E-state index in [0.29, 0.717) is 5.25 Å². The van der Waals surface area contributed by atoms with Gasteiger partial charge in [-0.25, -0.2) is 0 Å². The van der Waals surface area contributed by atoms with Crippen molar-refractivity contribution in [1.29, 1.82) is 0 Å². The SMILES string of the molecule is CC1Cc2cc(CCCC(=O)O)ccc2S1. The van der Waals surface area contributed by atoms with Gasteiger partial charge in [0.25, 0.3) is 0 Å². The Morgan fingerprint density at radius 3 is 3.12 bits per heavy atom. The molecule has 0 bridgehead atoms. The molecule has 2 nitrogen and oxygen atoms in total. The van der Waals surface area contributed by atoms with Crippen LogP contribution in [0, 0.1) is 0 Å². The molecule has 1 atom stereocenters. The molecule has 0 fully saturated rings. The van der Waals surface area contributed by atoms with Gasteiger partial charge in [-0.05, 0) is 36.5 Å². The number of hydrogen-bond donors (Lipinski definition) is 1. The number of rotatable bonds is 4. The average Bonchev–Trinajstić information content (AvgIpc) is 2.56. The molecule has 0 aliphatic carbocycles. The molecular formula is C13H16O2S. The van der Waals surface area contributed by atoms with E-state index < -0.39 is 5.97 Å². The van der Waals surface area contributed by atoms with Crippen molar-refractivity contribution in [2.75, 3.05) is 0 Å². The molecule has 1 aliphatic heterocycles. The van der Waals surface area contributed by atoms with E-state index in [1.54, 1.807) is 0 Å². The lowest BCUT2D eigenvalue weighted by molar-refractivity contribution is -0.137. The first-order valence-electron chi connectivity index (χ1n) is 5.65. The number of carboxylic acid groups (broad SMARTS) is 1. The summed E-state index contributed by atoms with van der Waals surface area (Å²) in [4.78, 5) is 11.8. The Bertz CT molecular complexity index is 401. The van der Waals surface area contributed by atoms with Gasteiger partial charge in [0, 0.05) is 16.6 Å². The van der Waals surface area contributed by atoms with Crippen LogP contribution in [0.3, 0.4) is 0 Å². The van der Waals surface area contributed by atoms with E-state index in [0.717, 1.165) is 19.3 Å². The van der Waals surface area contributed by atoms with E-state index in [-0.39, 0.29) is 6.42 Å². The zero-order chi connectivity index (χ0) is 11.5. The largest absolute Gasteiger partial charge is 0.481 e. The van der Waals surface area contributed by atoms with Crippen LogP contribution in [0.2, 0.25) is 0 Å². The molecule has 16 heavy (non-hydrogen) atoms. The van der Waals surface area contributed by atoms with Crippen molar-refractivity contribution in [3.63, 3.8) is 0 Å².